The molecule has 0 saturated heterocycles. The molecule has 2 N–H and O–H groups in total. The Morgan fingerprint density at radius 3 is 2.56 bits per heavy atom. The first kappa shape index (κ1) is 20.9. The summed E-state index contributed by atoms with van der Waals surface area (Å²) in [5.74, 6) is 0.659. The summed E-state index contributed by atoms with van der Waals surface area (Å²) in [6, 6.07) is 17.2. The van der Waals surface area contributed by atoms with E-state index < -0.39 is 0 Å². The molecule has 0 radical (unpaired) electrons. The Hall–Kier alpha value is -2.40. The number of hydrogen-bond donors (Lipinski definition) is 2. The van der Waals surface area contributed by atoms with Gasteiger partial charge in [0.1, 0.15) is 5.75 Å². The molecule has 0 atom stereocenters. The second kappa shape index (κ2) is 12.1. The van der Waals surface area contributed by atoms with Gasteiger partial charge in [0.25, 0.3) is 0 Å². The molecular formula is C22H28N2O2S. The minimum absolute atomic E-state index is 0.141. The van der Waals surface area contributed by atoms with Gasteiger partial charge in [-0.15, -0.1) is 0 Å². The van der Waals surface area contributed by atoms with Crippen LogP contribution in [-0.4, -0.2) is 17.6 Å². The molecule has 27 heavy (non-hydrogen) atoms. The average molecular weight is 385 g/mol. The van der Waals surface area contributed by atoms with Gasteiger partial charge in [-0.2, -0.15) is 0 Å². The Bertz CT molecular complexity index is 719. The Morgan fingerprint density at radius 2 is 1.78 bits per heavy atom. The molecule has 0 aromatic heterocycles. The number of rotatable bonds is 10. The van der Waals surface area contributed by atoms with Crippen molar-refractivity contribution in [1.29, 1.82) is 0 Å². The number of ether oxygens (including phenoxy) is 1. The van der Waals surface area contributed by atoms with Gasteiger partial charge >= 0.3 is 0 Å². The zero-order chi connectivity index (χ0) is 19.3. The molecule has 0 spiro atoms. The molecule has 0 fully saturated rings. The van der Waals surface area contributed by atoms with Gasteiger partial charge in [-0.3, -0.25) is 4.79 Å². The van der Waals surface area contributed by atoms with Crippen molar-refractivity contribution in [3.05, 3.63) is 60.2 Å². The molecule has 0 aliphatic carbocycles. The van der Waals surface area contributed by atoms with Gasteiger partial charge in [-0.1, -0.05) is 69.0 Å². The third kappa shape index (κ3) is 8.69. The summed E-state index contributed by atoms with van der Waals surface area (Å²) >= 11 is 5.23. The molecule has 2 rings (SSSR count). The van der Waals surface area contributed by atoms with Crippen LogP contribution >= 0.6 is 12.2 Å². The van der Waals surface area contributed by atoms with E-state index in [1.54, 1.807) is 0 Å². The van der Waals surface area contributed by atoms with Crippen LogP contribution < -0.4 is 15.4 Å². The van der Waals surface area contributed by atoms with Crippen LogP contribution in [0.5, 0.6) is 5.75 Å². The zero-order valence-electron chi connectivity index (χ0n) is 15.9. The molecule has 1 amide bonds. The molecular weight excluding hydrogens is 356 g/mol. The summed E-state index contributed by atoms with van der Waals surface area (Å²) in [7, 11) is 0. The topological polar surface area (TPSA) is 50.4 Å². The third-order valence-electron chi connectivity index (χ3n) is 4.07. The van der Waals surface area contributed by atoms with Gasteiger partial charge in [0, 0.05) is 11.8 Å². The van der Waals surface area contributed by atoms with Gasteiger partial charge in [0.15, 0.2) is 5.11 Å². The van der Waals surface area contributed by atoms with Crippen molar-refractivity contribution < 1.29 is 9.53 Å². The molecule has 4 nitrogen and oxygen atoms in total. The monoisotopic (exact) mass is 384 g/mol. The van der Waals surface area contributed by atoms with E-state index in [1.807, 2.05) is 54.6 Å². The lowest BCUT2D eigenvalue weighted by Gasteiger charge is -2.11. The summed E-state index contributed by atoms with van der Waals surface area (Å²) in [6.07, 6.45) is 6.35. The van der Waals surface area contributed by atoms with Gasteiger partial charge in [-0.25, -0.2) is 0 Å². The van der Waals surface area contributed by atoms with Crippen LogP contribution in [0.3, 0.4) is 0 Å². The SMILES string of the molecule is CCCCCCCOc1cccc(NC(=S)NC(=O)Cc2ccccc2)c1. The molecule has 2 aromatic rings. The highest BCUT2D eigenvalue weighted by atomic mass is 32.1. The lowest BCUT2D eigenvalue weighted by atomic mass is 10.1. The number of benzene rings is 2. The van der Waals surface area contributed by atoms with Gasteiger partial charge in [0.05, 0.1) is 13.0 Å². The van der Waals surface area contributed by atoms with Crippen molar-refractivity contribution in [1.82, 2.24) is 5.32 Å². The second-order valence-corrected chi connectivity index (χ2v) is 6.86. The van der Waals surface area contributed by atoms with E-state index in [0.29, 0.717) is 13.0 Å². The minimum Gasteiger partial charge on any atom is -0.494 e. The fourth-order valence-corrected chi connectivity index (χ4v) is 2.91. The van der Waals surface area contributed by atoms with Crippen molar-refractivity contribution in [2.75, 3.05) is 11.9 Å². The second-order valence-electron chi connectivity index (χ2n) is 6.46. The predicted octanol–water partition coefficient (Wildman–Crippen LogP) is 5.09. The first-order valence-corrected chi connectivity index (χ1v) is 9.96. The number of hydrogen-bond acceptors (Lipinski definition) is 3. The highest BCUT2D eigenvalue weighted by Gasteiger charge is 2.06. The maximum atomic E-state index is 12.1. The van der Waals surface area contributed by atoms with Gasteiger partial charge in [0.2, 0.25) is 5.91 Å². The van der Waals surface area contributed by atoms with E-state index in [1.165, 1.54) is 25.7 Å². The van der Waals surface area contributed by atoms with Crippen LogP contribution in [-0.2, 0) is 11.2 Å². The largest absolute Gasteiger partial charge is 0.494 e. The molecule has 5 heteroatoms. The maximum absolute atomic E-state index is 12.1. The summed E-state index contributed by atoms with van der Waals surface area (Å²) in [4.78, 5) is 12.1. The molecule has 0 heterocycles. The average Bonchev–Trinajstić information content (AvgIpc) is 2.65. The van der Waals surface area contributed by atoms with E-state index in [0.717, 1.165) is 23.4 Å². The third-order valence-corrected chi connectivity index (χ3v) is 4.27. The smallest absolute Gasteiger partial charge is 0.230 e. The Balaban J connectivity index is 1.74. The Morgan fingerprint density at radius 1 is 1.00 bits per heavy atom. The highest BCUT2D eigenvalue weighted by Crippen LogP contribution is 2.18. The normalized spacial score (nSPS) is 10.3. The molecule has 144 valence electrons. The number of nitrogens with one attached hydrogen (secondary N) is 2. The lowest BCUT2D eigenvalue weighted by Crippen LogP contribution is -2.35. The minimum atomic E-state index is -0.141. The van der Waals surface area contributed by atoms with Crippen LogP contribution in [0.1, 0.15) is 44.6 Å². The molecule has 0 saturated carbocycles. The molecule has 2 aromatic carbocycles. The van der Waals surface area contributed by atoms with Gasteiger partial charge in [-0.05, 0) is 36.3 Å². The summed E-state index contributed by atoms with van der Waals surface area (Å²) < 4.78 is 5.80. The Labute approximate surface area is 167 Å². The van der Waals surface area contributed by atoms with Gasteiger partial charge < -0.3 is 15.4 Å². The zero-order valence-corrected chi connectivity index (χ0v) is 16.7. The molecule has 0 aliphatic rings. The summed E-state index contributed by atoms with van der Waals surface area (Å²) in [5, 5.41) is 6.03. The van der Waals surface area contributed by atoms with Crippen molar-refractivity contribution in [3.8, 4) is 5.75 Å². The molecule has 0 unspecified atom stereocenters. The van der Waals surface area contributed by atoms with E-state index >= 15 is 0 Å². The number of amides is 1. The number of carbonyl (C=O) groups is 1. The number of thiocarbonyl (C=S) groups is 1. The highest BCUT2D eigenvalue weighted by molar-refractivity contribution is 7.80. The van der Waals surface area contributed by atoms with Crippen molar-refractivity contribution in [2.45, 2.75) is 45.4 Å². The summed E-state index contributed by atoms with van der Waals surface area (Å²) in [5.41, 5.74) is 1.75. The maximum Gasteiger partial charge on any atom is 0.230 e. The van der Waals surface area contributed by atoms with Crippen LogP contribution in [0.25, 0.3) is 0 Å². The van der Waals surface area contributed by atoms with Crippen LogP contribution in [0.4, 0.5) is 5.69 Å². The predicted molar refractivity (Wildman–Crippen MR) is 115 cm³/mol. The van der Waals surface area contributed by atoms with Crippen molar-refractivity contribution in [2.24, 2.45) is 0 Å². The van der Waals surface area contributed by atoms with Crippen molar-refractivity contribution in [3.63, 3.8) is 0 Å². The van der Waals surface area contributed by atoms with E-state index in [4.69, 9.17) is 17.0 Å². The Kier molecular flexibility index (Phi) is 9.35. The standard InChI is InChI=1S/C22H28N2O2S/c1-2-3-4-5-9-15-26-20-14-10-13-19(17-20)23-22(27)24-21(25)16-18-11-7-6-8-12-18/h6-8,10-14,17H,2-5,9,15-16H2,1H3,(H2,23,24,25,27). The fourth-order valence-electron chi connectivity index (χ4n) is 2.67. The van der Waals surface area contributed by atoms with Crippen molar-refractivity contribution >= 4 is 28.9 Å². The van der Waals surface area contributed by atoms with Crippen LogP contribution in [0.2, 0.25) is 0 Å². The van der Waals surface area contributed by atoms with E-state index in [-0.39, 0.29) is 11.0 Å². The van der Waals surface area contributed by atoms with E-state index in [9.17, 15) is 4.79 Å². The first-order chi connectivity index (χ1) is 13.2. The quantitative estimate of drug-likeness (QED) is 0.442. The summed E-state index contributed by atoms with van der Waals surface area (Å²) in [6.45, 7) is 2.93. The molecule has 0 bridgehead atoms. The number of unbranched alkanes of at least 4 members (excludes halogenated alkanes) is 4. The number of carbonyl (C=O) groups excluding carboxylic acids is 1. The van der Waals surface area contributed by atoms with Crippen LogP contribution in [0, 0.1) is 0 Å². The van der Waals surface area contributed by atoms with E-state index in [2.05, 4.69) is 17.6 Å². The first-order valence-electron chi connectivity index (χ1n) is 9.55. The number of anilines is 1. The fraction of sp³-hybridized carbons (Fsp3) is 0.364. The lowest BCUT2D eigenvalue weighted by molar-refractivity contribution is -0.119. The molecule has 0 aliphatic heterocycles. The van der Waals surface area contributed by atoms with Crippen LogP contribution in [0.15, 0.2) is 54.6 Å².